The van der Waals surface area contributed by atoms with Crippen molar-refractivity contribution in [2.24, 2.45) is 0 Å². The number of hydrogen-bond acceptors (Lipinski definition) is 6. The summed E-state index contributed by atoms with van der Waals surface area (Å²) in [6, 6.07) is 3.52. The van der Waals surface area contributed by atoms with Crippen molar-refractivity contribution in [1.82, 2.24) is 9.21 Å². The minimum Gasteiger partial charge on any atom is -0.474 e. The van der Waals surface area contributed by atoms with Gasteiger partial charge in [-0.25, -0.2) is 8.42 Å². The molecule has 0 aromatic heterocycles. The van der Waals surface area contributed by atoms with Crippen LogP contribution in [0.5, 0.6) is 5.75 Å². The van der Waals surface area contributed by atoms with Crippen LogP contribution >= 0.6 is 0 Å². The Kier molecular flexibility index (Phi) is 7.97. The number of sulfonamides is 1. The van der Waals surface area contributed by atoms with E-state index in [0.717, 1.165) is 31.7 Å². The van der Waals surface area contributed by atoms with E-state index in [4.69, 9.17) is 4.74 Å². The molecule has 2 rings (SSSR count). The summed E-state index contributed by atoms with van der Waals surface area (Å²) in [6.07, 6.45) is 3.10. The van der Waals surface area contributed by atoms with Crippen LogP contribution in [0, 0.1) is 10.1 Å². The number of likely N-dealkylation sites (tertiary alicyclic amines) is 1. The number of nitrogens with zero attached hydrogens (tertiary/aromatic N) is 3. The van der Waals surface area contributed by atoms with E-state index in [1.165, 1.54) is 16.4 Å². The molecule has 1 aliphatic rings. The summed E-state index contributed by atoms with van der Waals surface area (Å²) in [5, 5.41) is 11.5. The standard InChI is InChI=1S/C19H29N3O6S/c1-4-21(5-2)29(26,27)16-10-11-18(17(14-16)22(24)25)28-15(3)19(23)20-12-8-6-7-9-13-20/h10-11,14-15H,4-9,12-13H2,1-3H3/t15-/m1/s1. The van der Waals surface area contributed by atoms with Crippen molar-refractivity contribution in [3.63, 3.8) is 0 Å². The van der Waals surface area contributed by atoms with Gasteiger partial charge in [-0.15, -0.1) is 0 Å². The van der Waals surface area contributed by atoms with Crippen molar-refractivity contribution in [2.75, 3.05) is 26.2 Å². The van der Waals surface area contributed by atoms with E-state index < -0.39 is 26.7 Å². The first-order valence-electron chi connectivity index (χ1n) is 9.96. The Morgan fingerprint density at radius 3 is 2.31 bits per heavy atom. The molecule has 0 aliphatic carbocycles. The number of amides is 1. The number of hydrogen-bond donors (Lipinski definition) is 0. The lowest BCUT2D eigenvalue weighted by atomic mass is 10.2. The number of nitro groups is 1. The maximum atomic E-state index is 12.7. The van der Waals surface area contributed by atoms with E-state index >= 15 is 0 Å². The zero-order valence-electron chi connectivity index (χ0n) is 17.2. The Balaban J connectivity index is 2.26. The van der Waals surface area contributed by atoms with Gasteiger partial charge in [0.15, 0.2) is 11.9 Å². The summed E-state index contributed by atoms with van der Waals surface area (Å²) < 4.78 is 32.1. The predicted molar refractivity (Wildman–Crippen MR) is 108 cm³/mol. The van der Waals surface area contributed by atoms with Crippen molar-refractivity contribution in [3.8, 4) is 5.75 Å². The molecule has 0 radical (unpaired) electrons. The molecule has 1 saturated heterocycles. The maximum Gasteiger partial charge on any atom is 0.312 e. The van der Waals surface area contributed by atoms with Gasteiger partial charge in [-0.3, -0.25) is 14.9 Å². The normalized spacial score (nSPS) is 16.3. The fourth-order valence-corrected chi connectivity index (χ4v) is 4.88. The van der Waals surface area contributed by atoms with Crippen molar-refractivity contribution < 1.29 is 22.9 Å². The zero-order chi connectivity index (χ0) is 21.6. The largest absolute Gasteiger partial charge is 0.474 e. The van der Waals surface area contributed by atoms with Gasteiger partial charge in [-0.1, -0.05) is 26.7 Å². The molecule has 1 heterocycles. The topological polar surface area (TPSA) is 110 Å². The monoisotopic (exact) mass is 427 g/mol. The molecule has 29 heavy (non-hydrogen) atoms. The van der Waals surface area contributed by atoms with Crippen LogP contribution in [0.15, 0.2) is 23.1 Å². The van der Waals surface area contributed by atoms with Crippen molar-refractivity contribution in [2.45, 2.75) is 57.5 Å². The van der Waals surface area contributed by atoms with E-state index in [1.807, 2.05) is 0 Å². The first-order chi connectivity index (χ1) is 13.7. The maximum absolute atomic E-state index is 12.7. The molecule has 1 amide bonds. The van der Waals surface area contributed by atoms with Crippen LogP contribution in [-0.4, -0.2) is 60.7 Å². The van der Waals surface area contributed by atoms with Gasteiger partial charge in [-0.2, -0.15) is 4.31 Å². The van der Waals surface area contributed by atoms with Gasteiger partial charge in [0, 0.05) is 32.2 Å². The molecule has 1 aromatic carbocycles. The van der Waals surface area contributed by atoms with Gasteiger partial charge in [0.1, 0.15) is 0 Å². The quantitative estimate of drug-likeness (QED) is 0.466. The van der Waals surface area contributed by atoms with Crippen LogP contribution in [0.25, 0.3) is 0 Å². The summed E-state index contributed by atoms with van der Waals surface area (Å²) in [5.41, 5.74) is -0.478. The van der Waals surface area contributed by atoms with Gasteiger partial charge >= 0.3 is 5.69 Å². The second kappa shape index (κ2) is 10.0. The van der Waals surface area contributed by atoms with Crippen LogP contribution in [0.4, 0.5) is 5.69 Å². The molecule has 0 N–H and O–H groups in total. The summed E-state index contributed by atoms with van der Waals surface area (Å²) in [4.78, 5) is 25.0. The third-order valence-corrected chi connectivity index (χ3v) is 7.09. The Morgan fingerprint density at radius 2 is 1.79 bits per heavy atom. The number of benzene rings is 1. The van der Waals surface area contributed by atoms with Crippen LogP contribution in [0.2, 0.25) is 0 Å². The summed E-state index contributed by atoms with van der Waals surface area (Å²) >= 11 is 0. The number of nitro benzene ring substituents is 1. The highest BCUT2D eigenvalue weighted by Gasteiger charge is 2.29. The minimum absolute atomic E-state index is 0.121. The van der Waals surface area contributed by atoms with Gasteiger partial charge in [0.2, 0.25) is 10.0 Å². The third kappa shape index (κ3) is 5.45. The van der Waals surface area contributed by atoms with Gasteiger partial charge in [-0.05, 0) is 31.9 Å². The third-order valence-electron chi connectivity index (χ3n) is 5.04. The van der Waals surface area contributed by atoms with Crippen molar-refractivity contribution >= 4 is 21.6 Å². The molecule has 9 nitrogen and oxygen atoms in total. The Hall–Kier alpha value is -2.20. The van der Waals surface area contributed by atoms with Crippen LogP contribution < -0.4 is 4.74 Å². The molecule has 10 heteroatoms. The highest BCUT2D eigenvalue weighted by molar-refractivity contribution is 7.89. The van der Waals surface area contributed by atoms with Crippen molar-refractivity contribution in [3.05, 3.63) is 28.3 Å². The van der Waals surface area contributed by atoms with E-state index in [0.29, 0.717) is 13.1 Å². The molecule has 162 valence electrons. The van der Waals surface area contributed by atoms with Crippen LogP contribution in [-0.2, 0) is 14.8 Å². The van der Waals surface area contributed by atoms with Gasteiger partial charge in [0.25, 0.3) is 5.91 Å². The molecular formula is C19H29N3O6S. The van der Waals surface area contributed by atoms with E-state index in [-0.39, 0.29) is 29.6 Å². The molecule has 0 spiro atoms. The average molecular weight is 428 g/mol. The first kappa shape index (κ1) is 23.1. The fraction of sp³-hybridized carbons (Fsp3) is 0.632. The molecular weight excluding hydrogens is 398 g/mol. The van der Waals surface area contributed by atoms with Gasteiger partial charge in [0.05, 0.1) is 9.82 Å². The summed E-state index contributed by atoms with van der Waals surface area (Å²) in [7, 11) is -3.84. The van der Waals surface area contributed by atoms with E-state index in [1.54, 1.807) is 25.7 Å². The number of rotatable bonds is 8. The summed E-state index contributed by atoms with van der Waals surface area (Å²) in [5.74, 6) is -0.342. The lowest BCUT2D eigenvalue weighted by Gasteiger charge is -2.24. The molecule has 1 fully saturated rings. The Bertz CT molecular complexity index is 830. The number of carbonyl (C=O) groups is 1. The molecule has 0 bridgehead atoms. The Labute approximate surface area is 171 Å². The van der Waals surface area contributed by atoms with Gasteiger partial charge < -0.3 is 9.64 Å². The highest BCUT2D eigenvalue weighted by Crippen LogP contribution is 2.32. The van der Waals surface area contributed by atoms with Crippen molar-refractivity contribution in [1.29, 1.82) is 0 Å². The molecule has 1 aliphatic heterocycles. The van der Waals surface area contributed by atoms with Crippen LogP contribution in [0.3, 0.4) is 0 Å². The second-order valence-corrected chi connectivity index (χ2v) is 8.91. The smallest absolute Gasteiger partial charge is 0.312 e. The first-order valence-corrected chi connectivity index (χ1v) is 11.4. The lowest BCUT2D eigenvalue weighted by Crippen LogP contribution is -2.41. The highest BCUT2D eigenvalue weighted by atomic mass is 32.2. The molecule has 0 unspecified atom stereocenters. The SMILES string of the molecule is CCN(CC)S(=O)(=O)c1ccc(O[C@H](C)C(=O)N2CCCCCC2)c([N+](=O)[O-])c1. The second-order valence-electron chi connectivity index (χ2n) is 6.98. The summed E-state index contributed by atoms with van der Waals surface area (Å²) in [6.45, 7) is 6.76. The fourth-order valence-electron chi connectivity index (χ4n) is 3.40. The minimum atomic E-state index is -3.84. The molecule has 1 aromatic rings. The van der Waals surface area contributed by atoms with E-state index in [2.05, 4.69) is 0 Å². The average Bonchev–Trinajstić information content (AvgIpc) is 2.97. The Morgan fingerprint density at radius 1 is 1.21 bits per heavy atom. The van der Waals surface area contributed by atoms with E-state index in [9.17, 15) is 23.3 Å². The zero-order valence-corrected chi connectivity index (χ0v) is 18.0. The van der Waals surface area contributed by atoms with Crippen LogP contribution in [0.1, 0.15) is 46.5 Å². The predicted octanol–water partition coefficient (Wildman–Crippen LogP) is 2.80. The lowest BCUT2D eigenvalue weighted by molar-refractivity contribution is -0.386. The molecule has 0 saturated carbocycles. The number of ether oxygens (including phenoxy) is 1. The number of carbonyl (C=O) groups excluding carboxylic acids is 1. The molecule has 1 atom stereocenters.